The highest BCUT2D eigenvalue weighted by atomic mass is 79.9. The van der Waals surface area contributed by atoms with Gasteiger partial charge in [0.2, 0.25) is 0 Å². The Morgan fingerprint density at radius 3 is 2.47 bits per heavy atom. The van der Waals surface area contributed by atoms with Gasteiger partial charge in [0, 0.05) is 13.0 Å². The number of unbranched alkanes of at least 4 members (excludes halogenated alkanes) is 1. The summed E-state index contributed by atoms with van der Waals surface area (Å²) in [5.74, 6) is 2.29. The number of rotatable bonds is 6. The first-order chi connectivity index (χ1) is 8.10. The van der Waals surface area contributed by atoms with Gasteiger partial charge in [-0.3, -0.25) is 0 Å². The Labute approximate surface area is 113 Å². The zero-order chi connectivity index (χ0) is 12.8. The largest absolute Gasteiger partial charge is 0.369 e. The lowest BCUT2D eigenvalue weighted by Gasteiger charge is -2.14. The minimum absolute atomic E-state index is 0.408. The summed E-state index contributed by atoms with van der Waals surface area (Å²) in [7, 11) is 0. The molecule has 0 bridgehead atoms. The molecule has 4 heteroatoms. The number of nitrogens with one attached hydrogen (secondary N) is 1. The van der Waals surface area contributed by atoms with Crippen LogP contribution in [0.4, 0.5) is 5.82 Å². The van der Waals surface area contributed by atoms with E-state index >= 15 is 0 Å². The third kappa shape index (κ3) is 3.95. The van der Waals surface area contributed by atoms with Crippen molar-refractivity contribution in [2.45, 2.75) is 52.9 Å². The second-order valence-corrected chi connectivity index (χ2v) is 5.27. The maximum absolute atomic E-state index is 4.65. The van der Waals surface area contributed by atoms with E-state index in [1.807, 2.05) is 0 Å². The molecule has 1 heterocycles. The molecular weight excluding hydrogens is 278 g/mol. The number of hydrogen-bond donors (Lipinski definition) is 1. The van der Waals surface area contributed by atoms with Crippen LogP contribution in [0.3, 0.4) is 0 Å². The van der Waals surface area contributed by atoms with Crippen molar-refractivity contribution in [2.75, 3.05) is 11.9 Å². The monoisotopic (exact) mass is 299 g/mol. The first-order valence-electron chi connectivity index (χ1n) is 6.40. The highest BCUT2D eigenvalue weighted by molar-refractivity contribution is 9.10. The summed E-state index contributed by atoms with van der Waals surface area (Å²) < 4.78 is 1.01. The number of halogens is 1. The lowest BCUT2D eigenvalue weighted by Crippen LogP contribution is -2.09. The molecule has 0 radical (unpaired) electrons. The Kier molecular flexibility index (Phi) is 5.89. The van der Waals surface area contributed by atoms with Gasteiger partial charge in [-0.15, -0.1) is 0 Å². The van der Waals surface area contributed by atoms with Crippen molar-refractivity contribution in [2.24, 2.45) is 0 Å². The van der Waals surface area contributed by atoms with Crippen LogP contribution in [0.25, 0.3) is 0 Å². The average Bonchev–Trinajstić information content (AvgIpc) is 2.29. The van der Waals surface area contributed by atoms with Crippen LogP contribution < -0.4 is 5.32 Å². The highest BCUT2D eigenvalue weighted by Gasteiger charge is 2.14. The molecular formula is C13H22BrN3. The second-order valence-electron chi connectivity index (χ2n) is 4.48. The van der Waals surface area contributed by atoms with Crippen LogP contribution in [-0.4, -0.2) is 16.5 Å². The SMILES string of the molecule is CCCCc1nc(NCC)c(Br)c(C(C)C)n1. The topological polar surface area (TPSA) is 37.8 Å². The highest BCUT2D eigenvalue weighted by Crippen LogP contribution is 2.29. The maximum Gasteiger partial charge on any atom is 0.144 e. The second kappa shape index (κ2) is 6.94. The molecule has 96 valence electrons. The minimum Gasteiger partial charge on any atom is -0.369 e. The van der Waals surface area contributed by atoms with Crippen LogP contribution in [-0.2, 0) is 6.42 Å². The zero-order valence-corrected chi connectivity index (χ0v) is 12.8. The zero-order valence-electron chi connectivity index (χ0n) is 11.2. The molecule has 0 unspecified atom stereocenters. The molecule has 3 nitrogen and oxygen atoms in total. The van der Waals surface area contributed by atoms with Gasteiger partial charge in [-0.1, -0.05) is 27.2 Å². The van der Waals surface area contributed by atoms with Gasteiger partial charge in [-0.05, 0) is 35.2 Å². The molecule has 0 aliphatic heterocycles. The van der Waals surface area contributed by atoms with E-state index in [0.717, 1.165) is 41.2 Å². The van der Waals surface area contributed by atoms with Gasteiger partial charge in [-0.25, -0.2) is 9.97 Å². The molecule has 1 aromatic rings. The number of aromatic nitrogens is 2. The number of aryl methyl sites for hydroxylation is 1. The lowest BCUT2D eigenvalue weighted by atomic mass is 10.1. The molecule has 0 fully saturated rings. The van der Waals surface area contributed by atoms with Crippen molar-refractivity contribution in [1.82, 2.24) is 9.97 Å². The van der Waals surface area contributed by atoms with E-state index in [1.165, 1.54) is 6.42 Å². The molecule has 0 atom stereocenters. The Morgan fingerprint density at radius 2 is 1.94 bits per heavy atom. The van der Waals surface area contributed by atoms with Crippen molar-refractivity contribution in [3.05, 3.63) is 16.0 Å². The summed E-state index contributed by atoms with van der Waals surface area (Å²) in [4.78, 5) is 9.23. The van der Waals surface area contributed by atoms with Crippen LogP contribution in [0.1, 0.15) is 58.0 Å². The Balaban J connectivity index is 3.07. The van der Waals surface area contributed by atoms with Crippen LogP contribution >= 0.6 is 15.9 Å². The fourth-order valence-electron chi connectivity index (χ4n) is 1.63. The first kappa shape index (κ1) is 14.4. The van der Waals surface area contributed by atoms with E-state index < -0.39 is 0 Å². The van der Waals surface area contributed by atoms with Crippen molar-refractivity contribution < 1.29 is 0 Å². The summed E-state index contributed by atoms with van der Waals surface area (Å²) in [6, 6.07) is 0. The molecule has 17 heavy (non-hydrogen) atoms. The third-order valence-corrected chi connectivity index (χ3v) is 3.35. The Bertz CT molecular complexity index is 364. The predicted octanol–water partition coefficient (Wildman–Crippen LogP) is 4.14. The summed E-state index contributed by atoms with van der Waals surface area (Å²) in [6.07, 6.45) is 3.28. The standard InChI is InChI=1S/C13H22BrN3/c1-5-7-8-10-16-12(9(3)4)11(14)13(17-10)15-6-2/h9H,5-8H2,1-4H3,(H,15,16,17). The van der Waals surface area contributed by atoms with E-state index in [1.54, 1.807) is 0 Å². The normalized spacial score (nSPS) is 10.9. The van der Waals surface area contributed by atoms with E-state index in [9.17, 15) is 0 Å². The molecule has 0 amide bonds. The Hall–Kier alpha value is -0.640. The lowest BCUT2D eigenvalue weighted by molar-refractivity contribution is 0.723. The molecule has 0 aromatic carbocycles. The summed E-state index contributed by atoms with van der Waals surface area (Å²) >= 11 is 3.60. The van der Waals surface area contributed by atoms with Gasteiger partial charge in [0.25, 0.3) is 0 Å². The molecule has 1 rings (SSSR count). The van der Waals surface area contributed by atoms with Crippen molar-refractivity contribution in [3.63, 3.8) is 0 Å². The molecule has 0 aliphatic rings. The fourth-order valence-corrected chi connectivity index (χ4v) is 2.40. The van der Waals surface area contributed by atoms with Gasteiger partial charge in [0.05, 0.1) is 10.2 Å². The van der Waals surface area contributed by atoms with Crippen LogP contribution in [0.15, 0.2) is 4.47 Å². The number of nitrogens with zero attached hydrogens (tertiary/aromatic N) is 2. The van der Waals surface area contributed by atoms with Crippen LogP contribution in [0.2, 0.25) is 0 Å². The van der Waals surface area contributed by atoms with E-state index in [0.29, 0.717) is 5.92 Å². The molecule has 0 spiro atoms. The van der Waals surface area contributed by atoms with E-state index in [2.05, 4.69) is 58.9 Å². The fraction of sp³-hybridized carbons (Fsp3) is 0.692. The summed E-state index contributed by atoms with van der Waals surface area (Å²) in [5.41, 5.74) is 1.10. The van der Waals surface area contributed by atoms with Crippen LogP contribution in [0, 0.1) is 0 Å². The first-order valence-corrected chi connectivity index (χ1v) is 7.19. The summed E-state index contributed by atoms with van der Waals surface area (Å²) in [5, 5.41) is 3.29. The molecule has 0 saturated carbocycles. The van der Waals surface area contributed by atoms with E-state index in [4.69, 9.17) is 0 Å². The third-order valence-electron chi connectivity index (χ3n) is 2.57. The molecule has 0 saturated heterocycles. The maximum atomic E-state index is 4.65. The molecule has 0 aliphatic carbocycles. The minimum atomic E-state index is 0.408. The van der Waals surface area contributed by atoms with Gasteiger partial charge in [0.15, 0.2) is 0 Å². The van der Waals surface area contributed by atoms with Crippen molar-refractivity contribution in [1.29, 1.82) is 0 Å². The van der Waals surface area contributed by atoms with Gasteiger partial charge >= 0.3 is 0 Å². The number of hydrogen-bond acceptors (Lipinski definition) is 3. The van der Waals surface area contributed by atoms with Gasteiger partial charge in [-0.2, -0.15) is 0 Å². The summed E-state index contributed by atoms with van der Waals surface area (Å²) in [6.45, 7) is 9.46. The van der Waals surface area contributed by atoms with E-state index in [-0.39, 0.29) is 0 Å². The molecule has 1 aromatic heterocycles. The van der Waals surface area contributed by atoms with Crippen LogP contribution in [0.5, 0.6) is 0 Å². The average molecular weight is 300 g/mol. The predicted molar refractivity (Wildman–Crippen MR) is 76.6 cm³/mol. The van der Waals surface area contributed by atoms with Gasteiger partial charge < -0.3 is 5.32 Å². The quantitative estimate of drug-likeness (QED) is 0.858. The smallest absolute Gasteiger partial charge is 0.144 e. The number of anilines is 1. The Morgan fingerprint density at radius 1 is 1.24 bits per heavy atom. The van der Waals surface area contributed by atoms with Crippen molar-refractivity contribution >= 4 is 21.7 Å². The molecule has 1 N–H and O–H groups in total. The van der Waals surface area contributed by atoms with Crippen molar-refractivity contribution in [3.8, 4) is 0 Å². The van der Waals surface area contributed by atoms with Gasteiger partial charge in [0.1, 0.15) is 11.6 Å².